The molecule has 3 aliphatic heterocycles. The van der Waals surface area contributed by atoms with Crippen LogP contribution in [-0.4, -0.2) is 13.1 Å². The van der Waals surface area contributed by atoms with Crippen LogP contribution in [0.1, 0.15) is 19.3 Å². The van der Waals surface area contributed by atoms with Gasteiger partial charge in [-0.25, -0.2) is 0 Å². The standard InChI is InChI=1S/C7H11N/c1-6-2-7(1,3-6)5-8-4-6/h8H,1-5H2. The van der Waals surface area contributed by atoms with E-state index in [2.05, 4.69) is 5.32 Å². The van der Waals surface area contributed by atoms with Crippen molar-refractivity contribution in [2.75, 3.05) is 13.1 Å². The molecule has 1 N–H and O–H groups in total. The summed E-state index contributed by atoms with van der Waals surface area (Å²) >= 11 is 0. The number of nitrogens with one attached hydrogen (secondary N) is 1. The minimum absolute atomic E-state index is 0.845. The lowest BCUT2D eigenvalue weighted by molar-refractivity contribution is -0.227. The predicted molar refractivity (Wildman–Crippen MR) is 31.6 cm³/mol. The third kappa shape index (κ3) is 0.218. The van der Waals surface area contributed by atoms with Crippen molar-refractivity contribution >= 4 is 0 Å². The van der Waals surface area contributed by atoms with Gasteiger partial charge < -0.3 is 5.32 Å². The van der Waals surface area contributed by atoms with Crippen LogP contribution in [0, 0.1) is 10.8 Å². The van der Waals surface area contributed by atoms with Gasteiger partial charge in [0.1, 0.15) is 0 Å². The molecular weight excluding hydrogens is 98.1 g/mol. The minimum Gasteiger partial charge on any atom is -0.316 e. The van der Waals surface area contributed by atoms with Gasteiger partial charge in [-0.2, -0.15) is 0 Å². The number of piperidine rings is 3. The van der Waals surface area contributed by atoms with E-state index >= 15 is 0 Å². The fourth-order valence-electron chi connectivity index (χ4n) is 3.20. The molecule has 44 valence electrons. The summed E-state index contributed by atoms with van der Waals surface area (Å²) < 4.78 is 0. The molecule has 0 unspecified atom stereocenters. The molecule has 3 aliphatic carbocycles. The zero-order valence-electron chi connectivity index (χ0n) is 5.04. The molecule has 0 aromatic rings. The van der Waals surface area contributed by atoms with Gasteiger partial charge in [0.25, 0.3) is 0 Å². The molecule has 0 spiro atoms. The van der Waals surface area contributed by atoms with Crippen molar-refractivity contribution in [2.45, 2.75) is 19.3 Å². The molecule has 6 rings (SSSR count). The Morgan fingerprint density at radius 2 is 1.38 bits per heavy atom. The largest absolute Gasteiger partial charge is 0.316 e. The van der Waals surface area contributed by atoms with E-state index in [0.717, 1.165) is 10.8 Å². The lowest BCUT2D eigenvalue weighted by atomic mass is 9.33. The Balaban J connectivity index is 2.03. The van der Waals surface area contributed by atoms with Crippen molar-refractivity contribution in [3.8, 4) is 0 Å². The Morgan fingerprint density at radius 1 is 0.875 bits per heavy atom. The summed E-state index contributed by atoms with van der Waals surface area (Å²) in [6.07, 6.45) is 4.69. The molecule has 6 fully saturated rings. The van der Waals surface area contributed by atoms with Crippen molar-refractivity contribution in [3.05, 3.63) is 0 Å². The van der Waals surface area contributed by atoms with E-state index in [1.165, 1.54) is 13.1 Å². The Morgan fingerprint density at radius 3 is 1.50 bits per heavy atom. The smallest absolute Gasteiger partial charge is 0.000868 e. The van der Waals surface area contributed by atoms with Gasteiger partial charge in [-0.3, -0.25) is 0 Å². The van der Waals surface area contributed by atoms with E-state index < -0.39 is 0 Å². The molecule has 3 saturated carbocycles. The lowest BCUT2D eigenvalue weighted by Gasteiger charge is -2.75. The van der Waals surface area contributed by atoms with Crippen molar-refractivity contribution in [1.82, 2.24) is 5.32 Å². The summed E-state index contributed by atoms with van der Waals surface area (Å²) in [6, 6.07) is 0. The fraction of sp³-hybridized carbons (Fsp3) is 1.00. The molecule has 1 heteroatoms. The first-order valence-electron chi connectivity index (χ1n) is 3.54. The minimum atomic E-state index is 0.845. The third-order valence-electron chi connectivity index (χ3n) is 3.25. The second-order valence-electron chi connectivity index (χ2n) is 4.13. The van der Waals surface area contributed by atoms with E-state index in [-0.39, 0.29) is 0 Å². The maximum Gasteiger partial charge on any atom is 0.000868 e. The van der Waals surface area contributed by atoms with Gasteiger partial charge in [0.2, 0.25) is 0 Å². The summed E-state index contributed by atoms with van der Waals surface area (Å²) in [5, 5.41) is 3.47. The van der Waals surface area contributed by atoms with Crippen LogP contribution in [0.2, 0.25) is 0 Å². The first-order valence-corrected chi connectivity index (χ1v) is 3.54. The van der Waals surface area contributed by atoms with Gasteiger partial charge in [0, 0.05) is 13.1 Å². The van der Waals surface area contributed by atoms with E-state index in [1.54, 1.807) is 19.3 Å². The summed E-state index contributed by atoms with van der Waals surface area (Å²) in [5.41, 5.74) is 1.69. The van der Waals surface area contributed by atoms with Gasteiger partial charge in [-0.05, 0) is 30.1 Å². The number of hydrogen-bond acceptors (Lipinski definition) is 1. The van der Waals surface area contributed by atoms with Crippen LogP contribution in [0.25, 0.3) is 0 Å². The molecule has 0 amide bonds. The number of rotatable bonds is 0. The van der Waals surface area contributed by atoms with Gasteiger partial charge in [-0.1, -0.05) is 0 Å². The highest BCUT2D eigenvalue weighted by molar-refractivity contribution is 5.21. The average Bonchev–Trinajstić information content (AvgIpc) is 1.63. The Kier molecular flexibility index (Phi) is 0.372. The molecule has 0 aromatic heterocycles. The number of hydrogen-bond donors (Lipinski definition) is 1. The van der Waals surface area contributed by atoms with E-state index in [0.29, 0.717) is 0 Å². The summed E-state index contributed by atoms with van der Waals surface area (Å²) in [5.74, 6) is 0. The molecule has 3 heterocycles. The van der Waals surface area contributed by atoms with Crippen LogP contribution in [0.5, 0.6) is 0 Å². The van der Waals surface area contributed by atoms with E-state index in [4.69, 9.17) is 0 Å². The van der Waals surface area contributed by atoms with Crippen LogP contribution in [-0.2, 0) is 0 Å². The molecular formula is C7H11N. The highest BCUT2D eigenvalue weighted by atomic mass is 15.0. The summed E-state index contributed by atoms with van der Waals surface area (Å²) in [4.78, 5) is 0. The first kappa shape index (κ1) is 3.89. The maximum absolute atomic E-state index is 3.47. The Bertz CT molecular complexity index is 105. The average molecular weight is 109 g/mol. The molecule has 1 nitrogen and oxygen atoms in total. The quantitative estimate of drug-likeness (QED) is 0.484. The van der Waals surface area contributed by atoms with Crippen LogP contribution in [0.4, 0.5) is 0 Å². The van der Waals surface area contributed by atoms with Crippen LogP contribution < -0.4 is 5.32 Å². The van der Waals surface area contributed by atoms with Crippen LogP contribution >= 0.6 is 0 Å². The molecule has 6 aliphatic rings. The zero-order valence-corrected chi connectivity index (χ0v) is 5.04. The molecule has 0 atom stereocenters. The monoisotopic (exact) mass is 109 g/mol. The summed E-state index contributed by atoms with van der Waals surface area (Å²) in [6.45, 7) is 2.66. The molecule has 3 saturated heterocycles. The van der Waals surface area contributed by atoms with Gasteiger partial charge in [0.05, 0.1) is 0 Å². The van der Waals surface area contributed by atoms with Crippen molar-refractivity contribution in [2.24, 2.45) is 10.8 Å². The van der Waals surface area contributed by atoms with Crippen molar-refractivity contribution in [3.63, 3.8) is 0 Å². The van der Waals surface area contributed by atoms with Crippen molar-refractivity contribution < 1.29 is 0 Å². The van der Waals surface area contributed by atoms with E-state index in [9.17, 15) is 0 Å². The van der Waals surface area contributed by atoms with E-state index in [1.807, 2.05) is 0 Å². The SMILES string of the molecule is C1NCC23CC1(C2)C3. The van der Waals surface area contributed by atoms with Crippen LogP contribution in [0.15, 0.2) is 0 Å². The first-order chi connectivity index (χ1) is 3.83. The second-order valence-corrected chi connectivity index (χ2v) is 4.13. The fourth-order valence-corrected chi connectivity index (χ4v) is 3.20. The van der Waals surface area contributed by atoms with Crippen LogP contribution in [0.3, 0.4) is 0 Å². The topological polar surface area (TPSA) is 12.0 Å². The second kappa shape index (κ2) is 0.766. The molecule has 0 aromatic carbocycles. The highest BCUT2D eigenvalue weighted by Gasteiger charge is 2.69. The summed E-state index contributed by atoms with van der Waals surface area (Å²) in [7, 11) is 0. The molecule has 2 bridgehead atoms. The maximum atomic E-state index is 3.47. The zero-order chi connectivity index (χ0) is 5.24. The normalized spacial score (nSPS) is 66.0. The van der Waals surface area contributed by atoms with Crippen molar-refractivity contribution in [1.29, 1.82) is 0 Å². The molecule has 0 radical (unpaired) electrons. The molecule has 8 heavy (non-hydrogen) atoms. The Hall–Kier alpha value is -0.0400. The highest BCUT2D eigenvalue weighted by Crippen LogP contribution is 2.74. The Labute approximate surface area is 49.5 Å². The van der Waals surface area contributed by atoms with Gasteiger partial charge in [0.15, 0.2) is 0 Å². The third-order valence-corrected chi connectivity index (χ3v) is 3.25. The lowest BCUT2D eigenvalue weighted by Crippen LogP contribution is -2.73. The van der Waals surface area contributed by atoms with Gasteiger partial charge >= 0.3 is 0 Å². The van der Waals surface area contributed by atoms with Gasteiger partial charge in [-0.15, -0.1) is 0 Å². The predicted octanol–water partition coefficient (Wildman–Crippen LogP) is 0.760.